The molecule has 0 aliphatic carbocycles. The summed E-state index contributed by atoms with van der Waals surface area (Å²) < 4.78 is 0. The predicted molar refractivity (Wildman–Crippen MR) is 102 cm³/mol. The summed E-state index contributed by atoms with van der Waals surface area (Å²) in [6.07, 6.45) is 1.49. The van der Waals surface area contributed by atoms with Gasteiger partial charge in [0.2, 0.25) is 0 Å². The molecule has 1 aromatic carbocycles. The van der Waals surface area contributed by atoms with Gasteiger partial charge >= 0.3 is 0 Å². The van der Waals surface area contributed by atoms with Gasteiger partial charge in [0.05, 0.1) is 0 Å². The quantitative estimate of drug-likeness (QED) is 0.899. The molecule has 0 unspecified atom stereocenters. The van der Waals surface area contributed by atoms with Crippen LogP contribution in [-0.2, 0) is 0 Å². The van der Waals surface area contributed by atoms with Gasteiger partial charge in [-0.15, -0.1) is 0 Å². The summed E-state index contributed by atoms with van der Waals surface area (Å²) in [5.41, 5.74) is 2.23. The number of carbonyl (C=O) groups excluding carboxylic acids is 2. The van der Waals surface area contributed by atoms with Crippen LogP contribution in [0.25, 0.3) is 0 Å². The Hall–Kier alpha value is -2.44. The molecule has 0 saturated carbocycles. The zero-order chi connectivity index (χ0) is 18.7. The van der Waals surface area contributed by atoms with E-state index in [4.69, 9.17) is 11.6 Å². The molecule has 1 aliphatic rings. The van der Waals surface area contributed by atoms with Gasteiger partial charge in [0.1, 0.15) is 5.69 Å². The van der Waals surface area contributed by atoms with Crippen molar-refractivity contribution in [1.82, 2.24) is 14.8 Å². The number of nitrogens with zero attached hydrogens (tertiary/aromatic N) is 3. The second-order valence-corrected chi connectivity index (χ2v) is 6.88. The average Bonchev–Trinajstić information content (AvgIpc) is 2.64. The first-order valence-electron chi connectivity index (χ1n) is 8.45. The molecule has 1 N–H and O–H groups in total. The maximum atomic E-state index is 12.6. The highest BCUT2D eigenvalue weighted by Crippen LogP contribution is 2.20. The van der Waals surface area contributed by atoms with Gasteiger partial charge in [-0.1, -0.05) is 11.6 Å². The Balaban J connectivity index is 1.74. The van der Waals surface area contributed by atoms with Crippen LogP contribution in [0, 0.1) is 6.92 Å². The van der Waals surface area contributed by atoms with Crippen LogP contribution in [0.3, 0.4) is 0 Å². The Labute approximate surface area is 157 Å². The SMILES string of the molecule is Cc1cc(Cl)ccc1NC(=O)c1ccnc(C(=O)N2CCN(C)CC2)c1. The summed E-state index contributed by atoms with van der Waals surface area (Å²) >= 11 is 5.94. The average molecular weight is 373 g/mol. The highest BCUT2D eigenvalue weighted by molar-refractivity contribution is 6.30. The number of anilines is 1. The van der Waals surface area contributed by atoms with Crippen molar-refractivity contribution in [1.29, 1.82) is 0 Å². The number of amides is 2. The minimum atomic E-state index is -0.287. The Bertz CT molecular complexity index is 832. The van der Waals surface area contributed by atoms with Crippen LogP contribution >= 0.6 is 11.6 Å². The maximum absolute atomic E-state index is 12.6. The third kappa shape index (κ3) is 4.20. The molecule has 2 aromatic rings. The van der Waals surface area contributed by atoms with Crippen molar-refractivity contribution in [2.75, 3.05) is 38.5 Å². The molecule has 2 heterocycles. The van der Waals surface area contributed by atoms with Gasteiger partial charge in [-0.2, -0.15) is 0 Å². The standard InChI is InChI=1S/C19H21ClN4O2/c1-13-11-15(20)3-4-16(13)22-18(25)14-5-6-21-17(12-14)19(26)24-9-7-23(2)8-10-24/h3-6,11-12H,7-10H2,1-2H3,(H,22,25). The fraction of sp³-hybridized carbons (Fsp3) is 0.316. The van der Waals surface area contributed by atoms with E-state index in [-0.39, 0.29) is 17.5 Å². The zero-order valence-electron chi connectivity index (χ0n) is 14.8. The van der Waals surface area contributed by atoms with Crippen LogP contribution in [0.2, 0.25) is 5.02 Å². The molecule has 6 nitrogen and oxygen atoms in total. The molecule has 0 spiro atoms. The molecule has 1 aromatic heterocycles. The molecule has 1 saturated heterocycles. The number of hydrogen-bond acceptors (Lipinski definition) is 4. The van der Waals surface area contributed by atoms with Crippen LogP contribution in [-0.4, -0.2) is 59.8 Å². The van der Waals surface area contributed by atoms with Crippen molar-refractivity contribution in [2.45, 2.75) is 6.92 Å². The van der Waals surface area contributed by atoms with E-state index in [0.717, 1.165) is 18.7 Å². The second-order valence-electron chi connectivity index (χ2n) is 6.44. The summed E-state index contributed by atoms with van der Waals surface area (Å²) in [5.74, 6) is -0.430. The van der Waals surface area contributed by atoms with Crippen molar-refractivity contribution < 1.29 is 9.59 Å². The number of pyridine rings is 1. The number of piperazine rings is 1. The largest absolute Gasteiger partial charge is 0.335 e. The summed E-state index contributed by atoms with van der Waals surface area (Å²) in [4.78, 5) is 33.3. The number of rotatable bonds is 3. The van der Waals surface area contributed by atoms with Gasteiger partial charge in [0.25, 0.3) is 11.8 Å². The number of aromatic nitrogens is 1. The number of nitrogens with one attached hydrogen (secondary N) is 1. The van der Waals surface area contributed by atoms with E-state index in [0.29, 0.717) is 29.4 Å². The van der Waals surface area contributed by atoms with Crippen LogP contribution in [0.1, 0.15) is 26.4 Å². The Morgan fingerprint density at radius 3 is 2.54 bits per heavy atom. The van der Waals surface area contributed by atoms with Crippen LogP contribution in [0.15, 0.2) is 36.5 Å². The molecular formula is C19H21ClN4O2. The van der Waals surface area contributed by atoms with Gasteiger partial charge in [-0.25, -0.2) is 0 Å². The van der Waals surface area contributed by atoms with E-state index in [1.165, 1.54) is 6.20 Å². The molecule has 1 aliphatic heterocycles. The molecular weight excluding hydrogens is 352 g/mol. The molecule has 0 bridgehead atoms. The number of benzene rings is 1. The molecule has 0 radical (unpaired) electrons. The van der Waals surface area contributed by atoms with Crippen molar-refractivity contribution in [3.8, 4) is 0 Å². The minimum Gasteiger partial charge on any atom is -0.335 e. The third-order valence-corrected chi connectivity index (χ3v) is 4.70. The summed E-state index contributed by atoms with van der Waals surface area (Å²) in [7, 11) is 2.03. The predicted octanol–water partition coefficient (Wildman–Crippen LogP) is 2.68. The topological polar surface area (TPSA) is 65.5 Å². The lowest BCUT2D eigenvalue weighted by atomic mass is 10.1. The lowest BCUT2D eigenvalue weighted by Crippen LogP contribution is -2.47. The van der Waals surface area contributed by atoms with Gasteiger partial charge in [-0.3, -0.25) is 14.6 Å². The summed E-state index contributed by atoms with van der Waals surface area (Å²) in [5, 5.41) is 3.46. The maximum Gasteiger partial charge on any atom is 0.272 e. The molecule has 3 rings (SSSR count). The molecule has 0 atom stereocenters. The first-order chi connectivity index (χ1) is 12.4. The second kappa shape index (κ2) is 7.85. The van der Waals surface area contributed by atoms with Gasteiger partial charge < -0.3 is 15.1 Å². The monoisotopic (exact) mass is 372 g/mol. The molecule has 1 fully saturated rings. The van der Waals surface area contributed by atoms with Crippen molar-refractivity contribution in [2.24, 2.45) is 0 Å². The normalized spacial score (nSPS) is 15.0. The number of likely N-dealkylation sites (N-methyl/N-ethyl adjacent to an activating group) is 1. The van der Waals surface area contributed by atoms with Gasteiger partial charge in [0.15, 0.2) is 0 Å². The highest BCUT2D eigenvalue weighted by atomic mass is 35.5. The van der Waals surface area contributed by atoms with Crippen LogP contribution in [0.4, 0.5) is 5.69 Å². The first-order valence-corrected chi connectivity index (χ1v) is 8.83. The fourth-order valence-electron chi connectivity index (χ4n) is 2.82. The first kappa shape index (κ1) is 18.4. The molecule has 2 amide bonds. The van der Waals surface area contributed by atoms with Crippen LogP contribution < -0.4 is 5.32 Å². The molecule has 136 valence electrons. The summed E-state index contributed by atoms with van der Waals surface area (Å²) in [6, 6.07) is 8.40. The van der Waals surface area contributed by atoms with E-state index in [1.54, 1.807) is 35.2 Å². The number of aryl methyl sites for hydroxylation is 1. The minimum absolute atomic E-state index is 0.143. The van der Waals surface area contributed by atoms with Gasteiger partial charge in [-0.05, 0) is 49.9 Å². The zero-order valence-corrected chi connectivity index (χ0v) is 15.6. The highest BCUT2D eigenvalue weighted by Gasteiger charge is 2.22. The Kier molecular flexibility index (Phi) is 5.54. The lowest BCUT2D eigenvalue weighted by molar-refractivity contribution is 0.0658. The molecule has 7 heteroatoms. The van der Waals surface area contributed by atoms with E-state index >= 15 is 0 Å². The Morgan fingerprint density at radius 1 is 1.12 bits per heavy atom. The van der Waals surface area contributed by atoms with Crippen LogP contribution in [0.5, 0.6) is 0 Å². The van der Waals surface area contributed by atoms with Gasteiger partial charge in [0, 0.05) is 48.6 Å². The van der Waals surface area contributed by atoms with E-state index < -0.39 is 0 Å². The molecule has 26 heavy (non-hydrogen) atoms. The van der Waals surface area contributed by atoms with E-state index in [2.05, 4.69) is 15.2 Å². The fourth-order valence-corrected chi connectivity index (χ4v) is 3.05. The van der Waals surface area contributed by atoms with E-state index in [1.807, 2.05) is 14.0 Å². The smallest absolute Gasteiger partial charge is 0.272 e. The Morgan fingerprint density at radius 2 is 1.85 bits per heavy atom. The van der Waals surface area contributed by atoms with E-state index in [9.17, 15) is 9.59 Å². The number of carbonyl (C=O) groups is 2. The lowest BCUT2D eigenvalue weighted by Gasteiger charge is -2.32. The summed E-state index contributed by atoms with van der Waals surface area (Å²) in [6.45, 7) is 4.87. The van der Waals surface area contributed by atoms with Crippen molar-refractivity contribution in [3.05, 3.63) is 58.4 Å². The van der Waals surface area contributed by atoms with Crippen molar-refractivity contribution >= 4 is 29.1 Å². The third-order valence-electron chi connectivity index (χ3n) is 4.47. The van der Waals surface area contributed by atoms with Crippen molar-refractivity contribution in [3.63, 3.8) is 0 Å². The number of halogens is 1. The number of hydrogen-bond donors (Lipinski definition) is 1.